The van der Waals surface area contributed by atoms with Crippen molar-refractivity contribution >= 4 is 32.5 Å². The molecular weight excluding hydrogens is 354 g/mol. The first kappa shape index (κ1) is 20.9. The maximum absolute atomic E-state index is 12.1. The molecule has 0 aromatic heterocycles. The molecule has 132 valence electrons. The molecule has 3 N–H and O–H groups in total. The lowest BCUT2D eigenvalue weighted by Gasteiger charge is -2.08. The van der Waals surface area contributed by atoms with Crippen molar-refractivity contribution in [3.05, 3.63) is 83.5 Å². The Morgan fingerprint density at radius 1 is 1.24 bits per heavy atom. The van der Waals surface area contributed by atoms with Crippen LogP contribution in [0.2, 0.25) is 0 Å². The van der Waals surface area contributed by atoms with E-state index < -0.39 is 5.97 Å². The minimum atomic E-state index is -0.633. The van der Waals surface area contributed by atoms with Crippen LogP contribution in [0.4, 0.5) is 0 Å². The molecule has 2 rings (SSSR count). The van der Waals surface area contributed by atoms with Gasteiger partial charge in [0.15, 0.2) is 0 Å². The molecule has 0 aliphatic carbocycles. The predicted molar refractivity (Wildman–Crippen MR) is 109 cm³/mol. The zero-order valence-corrected chi connectivity index (χ0v) is 15.8. The first-order valence-electron chi connectivity index (χ1n) is 7.39. The van der Waals surface area contributed by atoms with Crippen LogP contribution in [0.3, 0.4) is 0 Å². The van der Waals surface area contributed by atoms with Crippen molar-refractivity contribution in [3.63, 3.8) is 0 Å². The molecule has 0 spiro atoms. The summed E-state index contributed by atoms with van der Waals surface area (Å²) in [7, 11) is 4.77. The Morgan fingerprint density at radius 3 is 2.36 bits per heavy atom. The summed E-state index contributed by atoms with van der Waals surface area (Å²) < 4.78 is 5.29. The number of aliphatic hydroxyl groups excluding tert-OH is 1. The van der Waals surface area contributed by atoms with Gasteiger partial charge in [-0.25, -0.2) is 4.79 Å². The minimum absolute atomic E-state index is 0.0633. The van der Waals surface area contributed by atoms with E-state index in [9.17, 15) is 9.90 Å². The third kappa shape index (κ3) is 6.01. The SMILES string of the molecule is C=C/C=C(C(=O)Oc1ccc(C2=CC(=C)SS2)cc1)\C(O)=C/C.CN. The molecule has 0 amide bonds. The number of nitrogens with two attached hydrogens (primary N) is 1. The van der Waals surface area contributed by atoms with E-state index in [1.807, 2.05) is 18.2 Å². The van der Waals surface area contributed by atoms with Crippen molar-refractivity contribution in [1.82, 2.24) is 0 Å². The summed E-state index contributed by atoms with van der Waals surface area (Å²) in [5.74, 6) is -0.367. The Bertz CT molecular complexity index is 732. The van der Waals surface area contributed by atoms with Gasteiger partial charge in [-0.1, -0.05) is 53.0 Å². The van der Waals surface area contributed by atoms with Crippen LogP contribution in [0, 0.1) is 0 Å². The molecule has 0 atom stereocenters. The highest BCUT2D eigenvalue weighted by atomic mass is 33.1. The molecule has 1 aliphatic heterocycles. The molecule has 4 nitrogen and oxygen atoms in total. The Balaban J connectivity index is 0.00000151. The quantitative estimate of drug-likeness (QED) is 0.189. The first-order chi connectivity index (χ1) is 12.0. The van der Waals surface area contributed by atoms with Crippen LogP contribution in [0.1, 0.15) is 12.5 Å². The predicted octanol–water partition coefficient (Wildman–Crippen LogP) is 4.99. The third-order valence-electron chi connectivity index (χ3n) is 2.93. The summed E-state index contributed by atoms with van der Waals surface area (Å²) in [5, 5.41) is 9.73. The highest BCUT2D eigenvalue weighted by molar-refractivity contribution is 8.82. The number of aliphatic hydroxyl groups is 1. The number of carbonyl (C=O) groups is 1. The number of hydrogen-bond donors (Lipinski definition) is 2. The Hall–Kier alpha value is -2.15. The van der Waals surface area contributed by atoms with Crippen LogP contribution in [0.15, 0.2) is 78.0 Å². The fourth-order valence-corrected chi connectivity index (χ4v) is 3.83. The summed E-state index contributed by atoms with van der Waals surface area (Å²) in [6.45, 7) is 9.06. The zero-order valence-electron chi connectivity index (χ0n) is 14.2. The number of carbonyl (C=O) groups excluding carboxylic acids is 1. The molecule has 1 aromatic rings. The largest absolute Gasteiger partial charge is 0.507 e. The zero-order chi connectivity index (χ0) is 18.8. The van der Waals surface area contributed by atoms with Crippen molar-refractivity contribution in [2.45, 2.75) is 6.92 Å². The minimum Gasteiger partial charge on any atom is -0.507 e. The van der Waals surface area contributed by atoms with Crippen LogP contribution in [0.25, 0.3) is 4.91 Å². The number of hydrogen-bond acceptors (Lipinski definition) is 6. The summed E-state index contributed by atoms with van der Waals surface area (Å²) in [6, 6.07) is 7.21. The monoisotopic (exact) mass is 375 g/mol. The molecule has 0 bridgehead atoms. The van der Waals surface area contributed by atoms with Crippen LogP contribution < -0.4 is 10.5 Å². The van der Waals surface area contributed by atoms with Crippen molar-refractivity contribution in [3.8, 4) is 5.75 Å². The highest BCUT2D eigenvalue weighted by Gasteiger charge is 2.16. The lowest BCUT2D eigenvalue weighted by Crippen LogP contribution is -2.13. The van der Waals surface area contributed by atoms with E-state index in [0.29, 0.717) is 5.75 Å². The highest BCUT2D eigenvalue weighted by Crippen LogP contribution is 2.48. The second kappa shape index (κ2) is 10.7. The molecular formula is C19H21NO3S2. The fraction of sp³-hybridized carbons (Fsp3) is 0.105. The van der Waals surface area contributed by atoms with Gasteiger partial charge in [0.1, 0.15) is 17.1 Å². The van der Waals surface area contributed by atoms with E-state index in [-0.39, 0.29) is 11.3 Å². The van der Waals surface area contributed by atoms with Gasteiger partial charge in [0, 0.05) is 9.81 Å². The molecule has 0 saturated carbocycles. The standard InChI is InChI=1S/C18H16O3S2.CH5N/c1-4-6-15(16(19)5-2)18(20)21-14-9-7-13(8-10-14)17-11-12(3)22-23-17;1-2/h4-11,19H,1,3H2,2H3;2H2,1H3/b15-6+,16-5+;. The van der Waals surface area contributed by atoms with Crippen molar-refractivity contribution in [2.75, 3.05) is 7.05 Å². The van der Waals surface area contributed by atoms with Crippen LogP contribution in [-0.2, 0) is 4.79 Å². The second-order valence-corrected chi connectivity index (χ2v) is 6.84. The third-order valence-corrected chi connectivity index (χ3v) is 5.31. The number of ether oxygens (including phenoxy) is 1. The summed E-state index contributed by atoms with van der Waals surface area (Å²) in [5.41, 5.74) is 5.60. The number of esters is 1. The van der Waals surface area contributed by atoms with Gasteiger partial charge in [-0.2, -0.15) is 0 Å². The Kier molecular flexibility index (Phi) is 8.91. The normalized spacial score (nSPS) is 14.4. The van der Waals surface area contributed by atoms with Gasteiger partial charge in [0.05, 0.1) is 0 Å². The lowest BCUT2D eigenvalue weighted by molar-refractivity contribution is -0.130. The molecule has 6 heteroatoms. The molecule has 1 aliphatic rings. The molecule has 1 aromatic carbocycles. The maximum Gasteiger partial charge on any atom is 0.347 e. The molecule has 1 heterocycles. The number of allylic oxidation sites excluding steroid dienone is 4. The topological polar surface area (TPSA) is 72.5 Å². The van der Waals surface area contributed by atoms with Gasteiger partial charge in [-0.3, -0.25) is 0 Å². The maximum atomic E-state index is 12.1. The van der Waals surface area contributed by atoms with E-state index in [4.69, 9.17) is 4.74 Å². The average molecular weight is 376 g/mol. The molecule has 0 unspecified atom stereocenters. The van der Waals surface area contributed by atoms with Gasteiger partial charge in [0.25, 0.3) is 0 Å². The fourth-order valence-electron chi connectivity index (χ4n) is 1.80. The van der Waals surface area contributed by atoms with E-state index in [1.54, 1.807) is 40.6 Å². The molecule has 25 heavy (non-hydrogen) atoms. The molecule has 0 fully saturated rings. The van der Waals surface area contributed by atoms with Gasteiger partial charge in [-0.15, -0.1) is 0 Å². The van der Waals surface area contributed by atoms with E-state index in [0.717, 1.165) is 15.4 Å². The smallest absolute Gasteiger partial charge is 0.347 e. The lowest BCUT2D eigenvalue weighted by atomic mass is 10.2. The van der Waals surface area contributed by atoms with Crippen molar-refractivity contribution in [1.29, 1.82) is 0 Å². The Labute approximate surface area is 156 Å². The van der Waals surface area contributed by atoms with Crippen molar-refractivity contribution < 1.29 is 14.6 Å². The van der Waals surface area contributed by atoms with Crippen LogP contribution >= 0.6 is 21.6 Å². The van der Waals surface area contributed by atoms with Crippen LogP contribution in [-0.4, -0.2) is 18.1 Å². The van der Waals surface area contributed by atoms with Gasteiger partial charge < -0.3 is 15.6 Å². The average Bonchev–Trinajstić information content (AvgIpc) is 3.07. The van der Waals surface area contributed by atoms with Gasteiger partial charge in [0.2, 0.25) is 0 Å². The van der Waals surface area contributed by atoms with Crippen molar-refractivity contribution in [2.24, 2.45) is 5.73 Å². The number of rotatable bonds is 5. The van der Waals surface area contributed by atoms with Gasteiger partial charge >= 0.3 is 5.97 Å². The van der Waals surface area contributed by atoms with E-state index >= 15 is 0 Å². The van der Waals surface area contributed by atoms with E-state index in [1.165, 1.54) is 25.3 Å². The van der Waals surface area contributed by atoms with Gasteiger partial charge in [-0.05, 0) is 49.9 Å². The summed E-state index contributed by atoms with van der Waals surface area (Å²) in [4.78, 5) is 14.3. The van der Waals surface area contributed by atoms with Crippen LogP contribution in [0.5, 0.6) is 5.75 Å². The van der Waals surface area contributed by atoms with E-state index in [2.05, 4.69) is 18.9 Å². The Morgan fingerprint density at radius 2 is 1.88 bits per heavy atom. The summed E-state index contributed by atoms with van der Waals surface area (Å²) in [6.07, 6.45) is 6.28. The molecule has 0 saturated heterocycles. The first-order valence-corrected chi connectivity index (χ1v) is 9.54. The second-order valence-electron chi connectivity index (χ2n) is 4.55. The summed E-state index contributed by atoms with van der Waals surface area (Å²) >= 11 is 0. The molecule has 0 radical (unpaired) electrons. The number of benzene rings is 1.